The Balaban J connectivity index is 2.21. The molecule has 11 heavy (non-hydrogen) atoms. The third-order valence-electron chi connectivity index (χ3n) is 1.96. The number of rotatable bonds is 0. The fraction of sp³-hybridized carbons (Fsp3) is 0.111. The lowest BCUT2D eigenvalue weighted by Gasteiger charge is -2.05. The van der Waals surface area contributed by atoms with E-state index in [0.717, 1.165) is 17.1 Å². The van der Waals surface area contributed by atoms with E-state index in [1.807, 2.05) is 24.3 Å². The Kier molecular flexibility index (Phi) is 0.756. The standard InChI is InChI=1S/C9H6O2/c1-2-4-7-6(3-1)9-8(11-9)5-10-7/h1-5,9H. The van der Waals surface area contributed by atoms with Crippen LogP contribution in [0, 0.1) is 0 Å². The Hall–Kier alpha value is -1.44. The zero-order valence-electron chi connectivity index (χ0n) is 5.78. The summed E-state index contributed by atoms with van der Waals surface area (Å²) >= 11 is 0. The van der Waals surface area contributed by atoms with Gasteiger partial charge in [-0.1, -0.05) is 18.2 Å². The van der Waals surface area contributed by atoms with Crippen LogP contribution in [0.5, 0.6) is 5.75 Å². The molecular weight excluding hydrogens is 140 g/mol. The first kappa shape index (κ1) is 5.24. The van der Waals surface area contributed by atoms with Gasteiger partial charge in [0, 0.05) is 5.56 Å². The Morgan fingerprint density at radius 3 is 3.09 bits per heavy atom. The molecule has 2 heterocycles. The van der Waals surface area contributed by atoms with Crippen LogP contribution in [-0.4, -0.2) is 0 Å². The molecule has 0 amide bonds. The first-order chi connectivity index (χ1) is 5.45. The molecule has 1 fully saturated rings. The van der Waals surface area contributed by atoms with E-state index in [1.165, 1.54) is 0 Å². The van der Waals surface area contributed by atoms with Crippen molar-refractivity contribution in [2.45, 2.75) is 6.10 Å². The fourth-order valence-corrected chi connectivity index (χ4v) is 1.33. The molecule has 0 aliphatic carbocycles. The van der Waals surface area contributed by atoms with Gasteiger partial charge in [0.15, 0.2) is 11.9 Å². The van der Waals surface area contributed by atoms with Crippen molar-refractivity contribution >= 4 is 0 Å². The molecule has 0 bridgehead atoms. The van der Waals surface area contributed by atoms with E-state index in [0.29, 0.717) is 0 Å². The Labute approximate surface area is 64.1 Å². The topological polar surface area (TPSA) is 21.8 Å². The Morgan fingerprint density at radius 2 is 2.09 bits per heavy atom. The molecule has 0 saturated carbocycles. The summed E-state index contributed by atoms with van der Waals surface area (Å²) in [6.07, 6.45) is 1.87. The average molecular weight is 146 g/mol. The minimum atomic E-state index is 0.194. The molecule has 1 aromatic rings. The van der Waals surface area contributed by atoms with Crippen molar-refractivity contribution in [1.29, 1.82) is 0 Å². The van der Waals surface area contributed by atoms with Crippen molar-refractivity contribution in [3.8, 4) is 5.75 Å². The second-order valence-electron chi connectivity index (χ2n) is 2.67. The molecule has 1 aromatic carbocycles. The lowest BCUT2D eigenvalue weighted by atomic mass is 10.1. The molecule has 2 nitrogen and oxygen atoms in total. The average Bonchev–Trinajstić information content (AvgIpc) is 2.83. The highest BCUT2D eigenvalue weighted by atomic mass is 16.6. The van der Waals surface area contributed by atoms with E-state index in [-0.39, 0.29) is 6.10 Å². The minimum absolute atomic E-state index is 0.194. The summed E-state index contributed by atoms with van der Waals surface area (Å²) in [5.74, 6) is 1.86. The smallest absolute Gasteiger partial charge is 0.187 e. The summed E-state index contributed by atoms with van der Waals surface area (Å²) in [4.78, 5) is 0. The van der Waals surface area contributed by atoms with Gasteiger partial charge in [0.05, 0.1) is 0 Å². The van der Waals surface area contributed by atoms with Crippen LogP contribution in [0.1, 0.15) is 11.7 Å². The molecule has 1 saturated heterocycles. The van der Waals surface area contributed by atoms with Crippen LogP contribution in [0.15, 0.2) is 36.3 Å². The van der Waals surface area contributed by atoms with Gasteiger partial charge in [-0.05, 0) is 6.07 Å². The molecule has 0 aromatic heterocycles. The molecule has 0 N–H and O–H groups in total. The lowest BCUT2D eigenvalue weighted by molar-refractivity contribution is 0.437. The first-order valence-corrected chi connectivity index (χ1v) is 3.57. The van der Waals surface area contributed by atoms with Crippen LogP contribution >= 0.6 is 0 Å². The summed E-state index contributed by atoms with van der Waals surface area (Å²) < 4.78 is 10.5. The van der Waals surface area contributed by atoms with Crippen molar-refractivity contribution in [3.05, 3.63) is 41.9 Å². The number of fused-ring (bicyclic) bond motifs is 3. The highest BCUT2D eigenvalue weighted by Gasteiger charge is 2.40. The van der Waals surface area contributed by atoms with Crippen LogP contribution in [0.4, 0.5) is 0 Å². The number of epoxide rings is 1. The van der Waals surface area contributed by atoms with Crippen LogP contribution in [0.3, 0.4) is 0 Å². The fourth-order valence-electron chi connectivity index (χ4n) is 1.33. The maximum absolute atomic E-state index is 5.29. The van der Waals surface area contributed by atoms with Crippen molar-refractivity contribution in [2.24, 2.45) is 0 Å². The van der Waals surface area contributed by atoms with Gasteiger partial charge in [-0.2, -0.15) is 0 Å². The van der Waals surface area contributed by atoms with E-state index in [4.69, 9.17) is 9.47 Å². The quantitative estimate of drug-likeness (QED) is 0.522. The summed E-state index contributed by atoms with van der Waals surface area (Å²) in [7, 11) is 0. The summed E-state index contributed by atoms with van der Waals surface area (Å²) in [5.41, 5.74) is 1.14. The molecule has 54 valence electrons. The van der Waals surface area contributed by atoms with Crippen molar-refractivity contribution in [2.75, 3.05) is 0 Å². The van der Waals surface area contributed by atoms with Gasteiger partial charge >= 0.3 is 0 Å². The Bertz CT molecular complexity index is 341. The Morgan fingerprint density at radius 1 is 1.18 bits per heavy atom. The normalized spacial score (nSPS) is 23.6. The van der Waals surface area contributed by atoms with Gasteiger partial charge in [0.2, 0.25) is 0 Å². The van der Waals surface area contributed by atoms with E-state index in [9.17, 15) is 0 Å². The highest BCUT2D eigenvalue weighted by Crippen LogP contribution is 2.49. The SMILES string of the molecule is C1=C2OC2c2ccccc2O1. The molecule has 2 aliphatic rings. The van der Waals surface area contributed by atoms with E-state index < -0.39 is 0 Å². The number of hydrogen-bond acceptors (Lipinski definition) is 2. The monoisotopic (exact) mass is 146 g/mol. The zero-order chi connectivity index (χ0) is 7.26. The van der Waals surface area contributed by atoms with E-state index >= 15 is 0 Å². The van der Waals surface area contributed by atoms with Gasteiger partial charge in [-0.3, -0.25) is 0 Å². The number of ether oxygens (including phenoxy) is 2. The van der Waals surface area contributed by atoms with Crippen molar-refractivity contribution in [3.63, 3.8) is 0 Å². The minimum Gasteiger partial charge on any atom is -0.474 e. The molecule has 0 radical (unpaired) electrons. The van der Waals surface area contributed by atoms with Crippen molar-refractivity contribution < 1.29 is 9.47 Å². The van der Waals surface area contributed by atoms with Crippen LogP contribution in [0.25, 0.3) is 0 Å². The molecule has 2 heteroatoms. The van der Waals surface area contributed by atoms with E-state index in [1.54, 1.807) is 6.26 Å². The van der Waals surface area contributed by atoms with Crippen LogP contribution in [-0.2, 0) is 4.74 Å². The van der Waals surface area contributed by atoms with E-state index in [2.05, 4.69) is 0 Å². The lowest BCUT2D eigenvalue weighted by Crippen LogP contribution is -1.92. The van der Waals surface area contributed by atoms with Gasteiger partial charge in [0.1, 0.15) is 12.0 Å². The second-order valence-corrected chi connectivity index (χ2v) is 2.67. The van der Waals surface area contributed by atoms with Crippen LogP contribution in [0.2, 0.25) is 0 Å². The number of benzene rings is 1. The second kappa shape index (κ2) is 1.59. The number of hydrogen-bond donors (Lipinski definition) is 0. The van der Waals surface area contributed by atoms with Crippen LogP contribution < -0.4 is 4.74 Å². The van der Waals surface area contributed by atoms with Gasteiger partial charge in [-0.15, -0.1) is 0 Å². The molecule has 0 spiro atoms. The predicted octanol–water partition coefficient (Wildman–Crippen LogP) is 1.99. The van der Waals surface area contributed by atoms with Gasteiger partial charge in [-0.25, -0.2) is 0 Å². The maximum atomic E-state index is 5.29. The molecule has 3 rings (SSSR count). The third-order valence-corrected chi connectivity index (χ3v) is 1.96. The first-order valence-electron chi connectivity index (χ1n) is 3.57. The predicted molar refractivity (Wildman–Crippen MR) is 39.0 cm³/mol. The zero-order valence-corrected chi connectivity index (χ0v) is 5.78. The third kappa shape index (κ3) is 0.611. The highest BCUT2D eigenvalue weighted by molar-refractivity contribution is 5.45. The number of para-hydroxylation sites is 1. The molecular formula is C9H6O2. The molecule has 2 aliphatic heterocycles. The summed E-state index contributed by atoms with van der Waals surface area (Å²) in [5, 5.41) is 0. The maximum Gasteiger partial charge on any atom is 0.187 e. The van der Waals surface area contributed by atoms with Gasteiger partial charge in [0.25, 0.3) is 0 Å². The molecule has 1 atom stereocenters. The summed E-state index contributed by atoms with van der Waals surface area (Å²) in [6.45, 7) is 0. The summed E-state index contributed by atoms with van der Waals surface area (Å²) in [6, 6.07) is 7.93. The van der Waals surface area contributed by atoms with Crippen molar-refractivity contribution in [1.82, 2.24) is 0 Å². The largest absolute Gasteiger partial charge is 0.474 e. The molecule has 1 unspecified atom stereocenters. The van der Waals surface area contributed by atoms with Gasteiger partial charge < -0.3 is 9.47 Å².